The molecule has 0 saturated heterocycles. The first-order valence-corrected chi connectivity index (χ1v) is 5.18. The van der Waals surface area contributed by atoms with Crippen molar-refractivity contribution in [1.29, 1.82) is 0 Å². The third-order valence-corrected chi connectivity index (χ3v) is 2.00. The van der Waals surface area contributed by atoms with Crippen LogP contribution in [0.2, 0.25) is 0 Å². The Morgan fingerprint density at radius 3 is 2.44 bits per heavy atom. The number of ether oxygens (including phenoxy) is 1. The van der Waals surface area contributed by atoms with Crippen LogP contribution in [0.15, 0.2) is 24.3 Å². The van der Waals surface area contributed by atoms with Gasteiger partial charge < -0.3 is 14.7 Å². The summed E-state index contributed by atoms with van der Waals surface area (Å²) < 4.78 is 5.05. The fraction of sp³-hybridized carbons (Fsp3) is 0.417. The second kappa shape index (κ2) is 5.39. The monoisotopic (exact) mass is 223 g/mol. The minimum atomic E-state index is -0.344. The van der Waals surface area contributed by atoms with Crippen LogP contribution < -0.4 is 0 Å². The molecule has 0 unspecified atom stereocenters. The molecule has 0 saturated carbocycles. The van der Waals surface area contributed by atoms with E-state index in [2.05, 4.69) is 0 Å². The standard InChI is InChI=1S/C12H17NO3/c1-9(2)16-12(15)13(3)8-10-4-6-11(14)7-5-10/h4-7,9,14H,8H2,1-3H3. The van der Waals surface area contributed by atoms with Gasteiger partial charge in [0.25, 0.3) is 0 Å². The van der Waals surface area contributed by atoms with E-state index in [0.717, 1.165) is 5.56 Å². The highest BCUT2D eigenvalue weighted by Gasteiger charge is 2.11. The Morgan fingerprint density at radius 1 is 1.38 bits per heavy atom. The number of aromatic hydroxyl groups is 1. The quantitative estimate of drug-likeness (QED) is 0.855. The molecule has 1 rings (SSSR count). The highest BCUT2D eigenvalue weighted by Crippen LogP contribution is 2.11. The van der Waals surface area contributed by atoms with Crippen LogP contribution in [-0.2, 0) is 11.3 Å². The molecular formula is C12H17NO3. The summed E-state index contributed by atoms with van der Waals surface area (Å²) in [5.41, 5.74) is 0.945. The van der Waals surface area contributed by atoms with Crippen LogP contribution in [0.3, 0.4) is 0 Å². The first-order valence-electron chi connectivity index (χ1n) is 5.18. The van der Waals surface area contributed by atoms with Gasteiger partial charge in [-0.25, -0.2) is 4.79 Å². The van der Waals surface area contributed by atoms with Crippen molar-refractivity contribution in [2.24, 2.45) is 0 Å². The highest BCUT2D eigenvalue weighted by molar-refractivity contribution is 5.67. The van der Waals surface area contributed by atoms with E-state index >= 15 is 0 Å². The lowest BCUT2D eigenvalue weighted by atomic mass is 10.2. The van der Waals surface area contributed by atoms with Gasteiger partial charge in [-0.15, -0.1) is 0 Å². The Bertz CT molecular complexity index is 346. The van der Waals surface area contributed by atoms with Crippen LogP contribution in [0.5, 0.6) is 5.75 Å². The summed E-state index contributed by atoms with van der Waals surface area (Å²) in [6, 6.07) is 6.73. The van der Waals surface area contributed by atoms with E-state index < -0.39 is 0 Å². The Hall–Kier alpha value is -1.71. The number of nitrogens with zero attached hydrogens (tertiary/aromatic N) is 1. The Balaban J connectivity index is 2.53. The third-order valence-electron chi connectivity index (χ3n) is 2.00. The van der Waals surface area contributed by atoms with E-state index in [-0.39, 0.29) is 17.9 Å². The summed E-state index contributed by atoms with van der Waals surface area (Å²) in [5.74, 6) is 0.219. The number of hydrogen-bond donors (Lipinski definition) is 1. The molecule has 0 atom stereocenters. The second-order valence-corrected chi connectivity index (χ2v) is 3.96. The lowest BCUT2D eigenvalue weighted by molar-refractivity contribution is 0.0822. The Morgan fingerprint density at radius 2 is 1.94 bits per heavy atom. The summed E-state index contributed by atoms with van der Waals surface area (Å²) in [5, 5.41) is 9.11. The Kier molecular flexibility index (Phi) is 4.17. The first kappa shape index (κ1) is 12.4. The molecule has 4 nitrogen and oxygen atoms in total. The van der Waals surface area contributed by atoms with Crippen molar-refractivity contribution in [3.05, 3.63) is 29.8 Å². The number of benzene rings is 1. The van der Waals surface area contributed by atoms with E-state index in [1.54, 1.807) is 31.3 Å². The van der Waals surface area contributed by atoms with Gasteiger partial charge in [-0.2, -0.15) is 0 Å². The average molecular weight is 223 g/mol. The van der Waals surface area contributed by atoms with Gasteiger partial charge in [0, 0.05) is 13.6 Å². The van der Waals surface area contributed by atoms with Crippen molar-refractivity contribution >= 4 is 6.09 Å². The Labute approximate surface area is 95.5 Å². The van der Waals surface area contributed by atoms with E-state index in [0.29, 0.717) is 6.54 Å². The first-order chi connectivity index (χ1) is 7.49. The summed E-state index contributed by atoms with van der Waals surface area (Å²) in [4.78, 5) is 13.0. The van der Waals surface area contributed by atoms with Gasteiger partial charge in [-0.1, -0.05) is 12.1 Å². The maximum absolute atomic E-state index is 11.5. The molecule has 0 heterocycles. The van der Waals surface area contributed by atoms with Crippen molar-refractivity contribution in [2.75, 3.05) is 7.05 Å². The fourth-order valence-corrected chi connectivity index (χ4v) is 1.23. The maximum atomic E-state index is 11.5. The predicted octanol–water partition coefficient (Wildman–Crippen LogP) is 2.37. The van der Waals surface area contributed by atoms with Crippen LogP contribution in [0.25, 0.3) is 0 Å². The van der Waals surface area contributed by atoms with Crippen LogP contribution in [0.4, 0.5) is 4.79 Å². The molecule has 1 aromatic carbocycles. The zero-order valence-corrected chi connectivity index (χ0v) is 9.80. The van der Waals surface area contributed by atoms with Gasteiger partial charge in [0.05, 0.1) is 6.10 Å². The molecule has 0 spiro atoms. The number of carbonyl (C=O) groups excluding carboxylic acids is 1. The molecule has 0 aliphatic rings. The number of amides is 1. The topological polar surface area (TPSA) is 49.8 Å². The molecule has 4 heteroatoms. The van der Waals surface area contributed by atoms with Crippen LogP contribution in [-0.4, -0.2) is 29.3 Å². The van der Waals surface area contributed by atoms with Gasteiger partial charge in [-0.05, 0) is 31.5 Å². The van der Waals surface area contributed by atoms with Crippen molar-refractivity contribution in [2.45, 2.75) is 26.5 Å². The fourth-order valence-electron chi connectivity index (χ4n) is 1.23. The molecule has 16 heavy (non-hydrogen) atoms. The molecule has 0 fully saturated rings. The lowest BCUT2D eigenvalue weighted by Gasteiger charge is -2.18. The van der Waals surface area contributed by atoms with Gasteiger partial charge >= 0.3 is 6.09 Å². The maximum Gasteiger partial charge on any atom is 0.410 e. The van der Waals surface area contributed by atoms with Crippen molar-refractivity contribution < 1.29 is 14.6 Å². The highest BCUT2D eigenvalue weighted by atomic mass is 16.6. The zero-order valence-electron chi connectivity index (χ0n) is 9.80. The predicted molar refractivity (Wildman–Crippen MR) is 61.2 cm³/mol. The van der Waals surface area contributed by atoms with Crippen LogP contribution >= 0.6 is 0 Å². The summed E-state index contributed by atoms with van der Waals surface area (Å²) in [7, 11) is 1.68. The summed E-state index contributed by atoms with van der Waals surface area (Å²) >= 11 is 0. The third kappa shape index (κ3) is 3.81. The van der Waals surface area contributed by atoms with E-state index in [1.807, 2.05) is 13.8 Å². The number of rotatable bonds is 3. The van der Waals surface area contributed by atoms with Crippen molar-refractivity contribution in [1.82, 2.24) is 4.90 Å². The van der Waals surface area contributed by atoms with E-state index in [4.69, 9.17) is 9.84 Å². The van der Waals surface area contributed by atoms with Gasteiger partial charge in [0.1, 0.15) is 5.75 Å². The number of phenols is 1. The van der Waals surface area contributed by atoms with Crippen molar-refractivity contribution in [3.63, 3.8) is 0 Å². The largest absolute Gasteiger partial charge is 0.508 e. The molecule has 0 aromatic heterocycles. The molecule has 0 bridgehead atoms. The molecule has 0 aliphatic carbocycles. The lowest BCUT2D eigenvalue weighted by Crippen LogP contribution is -2.28. The molecule has 0 aliphatic heterocycles. The minimum absolute atomic E-state index is 0.116. The van der Waals surface area contributed by atoms with E-state index in [1.165, 1.54) is 4.90 Å². The summed E-state index contributed by atoms with van der Waals surface area (Å²) in [6.07, 6.45) is -0.460. The molecular weight excluding hydrogens is 206 g/mol. The molecule has 1 N–H and O–H groups in total. The smallest absolute Gasteiger partial charge is 0.410 e. The zero-order chi connectivity index (χ0) is 12.1. The van der Waals surface area contributed by atoms with Crippen LogP contribution in [0.1, 0.15) is 19.4 Å². The molecule has 88 valence electrons. The summed E-state index contributed by atoms with van der Waals surface area (Å²) in [6.45, 7) is 4.09. The minimum Gasteiger partial charge on any atom is -0.508 e. The van der Waals surface area contributed by atoms with Gasteiger partial charge in [-0.3, -0.25) is 0 Å². The molecule has 0 radical (unpaired) electrons. The second-order valence-electron chi connectivity index (χ2n) is 3.96. The normalized spacial score (nSPS) is 10.2. The van der Waals surface area contributed by atoms with Gasteiger partial charge in [0.2, 0.25) is 0 Å². The van der Waals surface area contributed by atoms with E-state index in [9.17, 15) is 4.79 Å². The average Bonchev–Trinajstić information content (AvgIpc) is 2.20. The van der Waals surface area contributed by atoms with Crippen LogP contribution in [0, 0.1) is 0 Å². The number of hydrogen-bond acceptors (Lipinski definition) is 3. The molecule has 1 amide bonds. The number of phenolic OH excluding ortho intramolecular Hbond substituents is 1. The van der Waals surface area contributed by atoms with Gasteiger partial charge in [0.15, 0.2) is 0 Å². The van der Waals surface area contributed by atoms with Crippen molar-refractivity contribution in [3.8, 4) is 5.75 Å². The molecule has 1 aromatic rings. The SMILES string of the molecule is CC(C)OC(=O)N(C)Cc1ccc(O)cc1. The number of carbonyl (C=O) groups is 1.